The summed E-state index contributed by atoms with van der Waals surface area (Å²) in [6, 6.07) is 0. The van der Waals surface area contributed by atoms with Crippen molar-refractivity contribution >= 4 is 11.9 Å². The average molecular weight is 267 g/mol. The van der Waals surface area contributed by atoms with Gasteiger partial charge in [0, 0.05) is 6.54 Å². The fourth-order valence-electron chi connectivity index (χ4n) is 1.31. The number of methoxy groups -OCH3 is 2. The van der Waals surface area contributed by atoms with E-state index in [0.29, 0.717) is 0 Å². The maximum atomic E-state index is 11.4. The van der Waals surface area contributed by atoms with Crippen molar-refractivity contribution in [1.82, 2.24) is 5.32 Å². The minimum atomic E-state index is -0.712. The van der Waals surface area contributed by atoms with Crippen molar-refractivity contribution in [3.8, 4) is 0 Å². The Morgan fingerprint density at radius 2 is 1.58 bits per heavy atom. The number of hydrogen-bond donors (Lipinski definition) is 1. The van der Waals surface area contributed by atoms with Crippen molar-refractivity contribution < 1.29 is 19.1 Å². The van der Waals surface area contributed by atoms with Gasteiger partial charge in [-0.25, -0.2) is 9.59 Å². The van der Waals surface area contributed by atoms with Gasteiger partial charge in [0.25, 0.3) is 0 Å². The van der Waals surface area contributed by atoms with E-state index in [0.717, 1.165) is 17.7 Å². The fourth-order valence-corrected chi connectivity index (χ4v) is 1.31. The summed E-state index contributed by atoms with van der Waals surface area (Å²) in [5.74, 6) is -1.42. The van der Waals surface area contributed by atoms with E-state index in [4.69, 9.17) is 0 Å². The molecule has 0 aliphatic rings. The molecule has 0 spiro atoms. The number of ether oxygens (including phenoxy) is 2. The molecule has 0 saturated carbocycles. The van der Waals surface area contributed by atoms with Gasteiger partial charge in [-0.15, -0.1) is 0 Å². The summed E-state index contributed by atoms with van der Waals surface area (Å²) in [7, 11) is 4.30. The predicted molar refractivity (Wildman–Crippen MR) is 73.6 cm³/mol. The zero-order chi connectivity index (χ0) is 14.8. The molecule has 0 heterocycles. The SMILES string of the molecule is CNC/C(C)=C/C=C(\C)C=C(C(=O)OC)C(=O)OC. The Morgan fingerprint density at radius 3 is 2.00 bits per heavy atom. The molecule has 1 N–H and O–H groups in total. The lowest BCUT2D eigenvalue weighted by atomic mass is 10.1. The highest BCUT2D eigenvalue weighted by Gasteiger charge is 2.19. The Bertz CT molecular complexity index is 401. The first-order chi connectivity index (χ1) is 8.96. The van der Waals surface area contributed by atoms with Crippen LogP contribution in [0.4, 0.5) is 0 Å². The second-order valence-corrected chi connectivity index (χ2v) is 4.00. The molecule has 106 valence electrons. The number of likely N-dealkylation sites (N-methyl/N-ethyl adjacent to an activating group) is 1. The number of carbonyl (C=O) groups excluding carboxylic acids is 2. The maximum absolute atomic E-state index is 11.4. The molecule has 0 radical (unpaired) electrons. The highest BCUT2D eigenvalue weighted by molar-refractivity contribution is 6.14. The van der Waals surface area contributed by atoms with Crippen molar-refractivity contribution in [2.75, 3.05) is 27.8 Å². The minimum absolute atomic E-state index is 0.126. The normalized spacial score (nSPS) is 11.8. The average Bonchev–Trinajstić information content (AvgIpc) is 2.41. The van der Waals surface area contributed by atoms with Gasteiger partial charge in [-0.2, -0.15) is 0 Å². The Kier molecular flexibility index (Phi) is 8.20. The van der Waals surface area contributed by atoms with Crippen LogP contribution in [-0.2, 0) is 19.1 Å². The molecule has 0 aliphatic heterocycles. The molecular formula is C14H21NO4. The first kappa shape index (κ1) is 17.1. The van der Waals surface area contributed by atoms with Crippen LogP contribution in [0.1, 0.15) is 13.8 Å². The second-order valence-electron chi connectivity index (χ2n) is 4.00. The number of carbonyl (C=O) groups is 2. The van der Waals surface area contributed by atoms with E-state index in [1.807, 2.05) is 26.1 Å². The van der Waals surface area contributed by atoms with Crippen LogP contribution in [-0.4, -0.2) is 39.8 Å². The smallest absolute Gasteiger partial charge is 0.345 e. The number of nitrogens with one attached hydrogen (secondary N) is 1. The molecule has 0 rings (SSSR count). The molecule has 0 amide bonds. The van der Waals surface area contributed by atoms with E-state index in [-0.39, 0.29) is 5.57 Å². The summed E-state index contributed by atoms with van der Waals surface area (Å²) in [5.41, 5.74) is 1.76. The summed E-state index contributed by atoms with van der Waals surface area (Å²) in [4.78, 5) is 22.9. The summed E-state index contributed by atoms with van der Waals surface area (Å²) >= 11 is 0. The van der Waals surface area contributed by atoms with Gasteiger partial charge in [0.2, 0.25) is 0 Å². The number of hydrogen-bond acceptors (Lipinski definition) is 5. The van der Waals surface area contributed by atoms with Crippen LogP contribution in [0.25, 0.3) is 0 Å². The third kappa shape index (κ3) is 6.57. The standard InChI is InChI=1S/C14H21NO4/c1-10(6-7-11(2)9-15-3)8-12(13(16)18-4)14(17)19-5/h6-8,15H,9H2,1-5H3/b10-6+,11-7+. The molecule has 0 atom stereocenters. The monoisotopic (exact) mass is 267 g/mol. The quantitative estimate of drug-likeness (QED) is 0.259. The van der Waals surface area contributed by atoms with E-state index < -0.39 is 11.9 Å². The molecule has 0 aliphatic carbocycles. The molecule has 5 nitrogen and oxygen atoms in total. The highest BCUT2D eigenvalue weighted by Crippen LogP contribution is 2.07. The van der Waals surface area contributed by atoms with E-state index in [1.165, 1.54) is 20.3 Å². The van der Waals surface area contributed by atoms with Crippen molar-refractivity contribution in [1.29, 1.82) is 0 Å². The molecule has 5 heteroatoms. The molecular weight excluding hydrogens is 246 g/mol. The fraction of sp³-hybridized carbons (Fsp3) is 0.429. The third-order valence-electron chi connectivity index (χ3n) is 2.27. The van der Waals surface area contributed by atoms with Crippen molar-refractivity contribution in [3.63, 3.8) is 0 Å². The summed E-state index contributed by atoms with van der Waals surface area (Å²) in [6.07, 6.45) is 5.17. The lowest BCUT2D eigenvalue weighted by Crippen LogP contribution is -2.15. The second kappa shape index (κ2) is 9.10. The number of allylic oxidation sites excluding steroid dienone is 4. The Labute approximate surface area is 114 Å². The topological polar surface area (TPSA) is 64.6 Å². The first-order valence-corrected chi connectivity index (χ1v) is 5.83. The Morgan fingerprint density at radius 1 is 1.05 bits per heavy atom. The van der Waals surface area contributed by atoms with E-state index in [9.17, 15) is 9.59 Å². The van der Waals surface area contributed by atoms with Crippen LogP contribution in [0, 0.1) is 0 Å². The van der Waals surface area contributed by atoms with Gasteiger partial charge in [0.15, 0.2) is 0 Å². The summed E-state index contributed by atoms with van der Waals surface area (Å²) in [6.45, 7) is 4.54. The zero-order valence-electron chi connectivity index (χ0n) is 12.1. The highest BCUT2D eigenvalue weighted by atomic mass is 16.5. The van der Waals surface area contributed by atoms with Crippen molar-refractivity contribution in [2.24, 2.45) is 0 Å². The first-order valence-electron chi connectivity index (χ1n) is 5.83. The lowest BCUT2D eigenvalue weighted by molar-refractivity contribution is -0.144. The lowest BCUT2D eigenvalue weighted by Gasteiger charge is -2.03. The van der Waals surface area contributed by atoms with E-state index in [1.54, 1.807) is 6.92 Å². The summed E-state index contributed by atoms with van der Waals surface area (Å²) < 4.78 is 9.08. The van der Waals surface area contributed by atoms with Crippen LogP contribution in [0.3, 0.4) is 0 Å². The van der Waals surface area contributed by atoms with Gasteiger partial charge < -0.3 is 14.8 Å². The Hall–Kier alpha value is -1.88. The van der Waals surface area contributed by atoms with Gasteiger partial charge >= 0.3 is 11.9 Å². The van der Waals surface area contributed by atoms with Crippen molar-refractivity contribution in [3.05, 3.63) is 34.9 Å². The van der Waals surface area contributed by atoms with Gasteiger partial charge in [-0.1, -0.05) is 23.3 Å². The minimum Gasteiger partial charge on any atom is -0.465 e. The largest absolute Gasteiger partial charge is 0.465 e. The number of rotatable bonds is 6. The van der Waals surface area contributed by atoms with Crippen LogP contribution in [0.2, 0.25) is 0 Å². The van der Waals surface area contributed by atoms with E-state index in [2.05, 4.69) is 14.8 Å². The molecule has 0 unspecified atom stereocenters. The van der Waals surface area contributed by atoms with Crippen LogP contribution in [0.5, 0.6) is 0 Å². The molecule has 0 aromatic heterocycles. The Balaban J connectivity index is 5.13. The van der Waals surface area contributed by atoms with Gasteiger partial charge in [-0.3, -0.25) is 0 Å². The van der Waals surface area contributed by atoms with Gasteiger partial charge in [-0.05, 0) is 27.0 Å². The molecule has 0 aromatic rings. The molecule has 0 saturated heterocycles. The summed E-state index contributed by atoms with van der Waals surface area (Å²) in [5, 5.41) is 3.03. The van der Waals surface area contributed by atoms with Crippen LogP contribution >= 0.6 is 0 Å². The van der Waals surface area contributed by atoms with Gasteiger partial charge in [0.1, 0.15) is 5.57 Å². The zero-order valence-corrected chi connectivity index (χ0v) is 12.1. The van der Waals surface area contributed by atoms with E-state index >= 15 is 0 Å². The van der Waals surface area contributed by atoms with Gasteiger partial charge in [0.05, 0.1) is 14.2 Å². The predicted octanol–water partition coefficient (Wildman–Crippen LogP) is 1.37. The molecule has 0 bridgehead atoms. The third-order valence-corrected chi connectivity index (χ3v) is 2.27. The van der Waals surface area contributed by atoms with Crippen LogP contribution < -0.4 is 5.32 Å². The number of esters is 2. The molecule has 0 fully saturated rings. The van der Waals surface area contributed by atoms with Crippen LogP contribution in [0.15, 0.2) is 34.9 Å². The van der Waals surface area contributed by atoms with Crippen molar-refractivity contribution in [2.45, 2.75) is 13.8 Å². The molecule has 19 heavy (non-hydrogen) atoms. The molecule has 0 aromatic carbocycles. The maximum Gasteiger partial charge on any atom is 0.345 e.